The van der Waals surface area contributed by atoms with Gasteiger partial charge in [-0.2, -0.15) is 0 Å². The number of rotatable bonds is 4. The Morgan fingerprint density at radius 2 is 2.30 bits per heavy atom. The maximum Gasteiger partial charge on any atom is 0.410 e. The van der Waals surface area contributed by atoms with Gasteiger partial charge in [0.15, 0.2) is 17.5 Å². The van der Waals surface area contributed by atoms with Crippen molar-refractivity contribution in [2.24, 2.45) is 4.99 Å². The Kier molecular flexibility index (Phi) is 5.87. The van der Waals surface area contributed by atoms with E-state index in [1.165, 1.54) is 29.7 Å². The van der Waals surface area contributed by atoms with Crippen LogP contribution in [-0.4, -0.2) is 53.0 Å². The summed E-state index contributed by atoms with van der Waals surface area (Å²) in [6.45, 7) is 0.715. The van der Waals surface area contributed by atoms with Crippen molar-refractivity contribution in [3.05, 3.63) is 47.9 Å². The van der Waals surface area contributed by atoms with Crippen LogP contribution in [0.15, 0.2) is 35.7 Å². The molecule has 1 aliphatic rings. The molecule has 27 heavy (non-hydrogen) atoms. The van der Waals surface area contributed by atoms with Crippen molar-refractivity contribution >= 4 is 23.8 Å². The van der Waals surface area contributed by atoms with E-state index in [4.69, 9.17) is 15.2 Å². The molecule has 0 spiro atoms. The van der Waals surface area contributed by atoms with Crippen molar-refractivity contribution in [3.8, 4) is 0 Å². The van der Waals surface area contributed by atoms with Crippen molar-refractivity contribution < 1.29 is 23.0 Å². The van der Waals surface area contributed by atoms with Crippen molar-refractivity contribution in [2.45, 2.75) is 12.7 Å². The fourth-order valence-electron chi connectivity index (χ4n) is 2.39. The number of anilines is 1. The molecule has 1 saturated heterocycles. The van der Waals surface area contributed by atoms with Gasteiger partial charge >= 0.3 is 6.09 Å². The molecule has 1 atom stereocenters. The van der Waals surface area contributed by atoms with Crippen LogP contribution in [0.3, 0.4) is 0 Å². The molecule has 0 unspecified atom stereocenters. The van der Waals surface area contributed by atoms with Crippen molar-refractivity contribution in [2.75, 3.05) is 25.4 Å². The van der Waals surface area contributed by atoms with E-state index in [0.717, 1.165) is 12.1 Å². The number of aromatic nitrogens is 2. The Balaban J connectivity index is 1.54. The number of halogens is 2. The molecule has 8 nitrogen and oxygen atoms in total. The first-order valence-corrected chi connectivity index (χ1v) is 8.10. The third kappa shape index (κ3) is 4.94. The Bertz CT molecular complexity index is 849. The molecule has 2 aromatic rings. The van der Waals surface area contributed by atoms with E-state index in [-0.39, 0.29) is 19.0 Å². The van der Waals surface area contributed by atoms with E-state index < -0.39 is 23.8 Å². The summed E-state index contributed by atoms with van der Waals surface area (Å²) < 4.78 is 36.8. The van der Waals surface area contributed by atoms with Crippen LogP contribution in [0, 0.1) is 11.6 Å². The van der Waals surface area contributed by atoms with E-state index >= 15 is 0 Å². The van der Waals surface area contributed by atoms with Crippen LogP contribution in [0.25, 0.3) is 0 Å². The van der Waals surface area contributed by atoms with E-state index in [1.54, 1.807) is 0 Å². The van der Waals surface area contributed by atoms with Gasteiger partial charge in [-0.1, -0.05) is 6.07 Å². The molecule has 2 N–H and O–H groups in total. The smallest absolute Gasteiger partial charge is 0.410 e. The van der Waals surface area contributed by atoms with E-state index in [1.807, 2.05) is 0 Å². The standard InChI is InChI=1S/C17H17F2N5O3/c18-13-2-1-11(5-14(13)19)9-27-17(25)24-3-4-26-12(8-24)6-22-15-7-21-10-23-16(15)20/h1-2,5-7,10,12H,3-4,8-9H2,(H2,20,21,23)/b22-6+/t12-/m1/s1. The minimum absolute atomic E-state index is 0.163. The van der Waals surface area contributed by atoms with Crippen LogP contribution in [-0.2, 0) is 16.1 Å². The number of benzene rings is 1. The highest BCUT2D eigenvalue weighted by Crippen LogP contribution is 2.17. The summed E-state index contributed by atoms with van der Waals surface area (Å²) in [5.41, 5.74) is 6.44. The molecule has 1 aromatic carbocycles. The highest BCUT2D eigenvalue weighted by atomic mass is 19.2. The number of hydrogen-bond acceptors (Lipinski definition) is 7. The molecule has 1 fully saturated rings. The number of nitrogens with zero attached hydrogens (tertiary/aromatic N) is 4. The first-order valence-electron chi connectivity index (χ1n) is 8.10. The van der Waals surface area contributed by atoms with Gasteiger partial charge in [-0.25, -0.2) is 23.5 Å². The Morgan fingerprint density at radius 3 is 3.07 bits per heavy atom. The van der Waals surface area contributed by atoms with Crippen molar-refractivity contribution in [1.82, 2.24) is 14.9 Å². The fraction of sp³-hybridized carbons (Fsp3) is 0.294. The second kappa shape index (κ2) is 8.49. The number of aliphatic imine (C=N–C) groups is 1. The molecule has 1 amide bonds. The molecule has 2 heterocycles. The summed E-state index contributed by atoms with van der Waals surface area (Å²) in [4.78, 5) is 25.5. The van der Waals surface area contributed by atoms with Crippen LogP contribution in [0.2, 0.25) is 0 Å². The first-order chi connectivity index (χ1) is 13.0. The summed E-state index contributed by atoms with van der Waals surface area (Å²) in [6.07, 6.45) is 3.27. The van der Waals surface area contributed by atoms with Crippen LogP contribution in [0.1, 0.15) is 5.56 Å². The van der Waals surface area contributed by atoms with Gasteiger partial charge in [-0.3, -0.25) is 4.99 Å². The van der Waals surface area contributed by atoms with Crippen LogP contribution >= 0.6 is 0 Å². The predicted molar refractivity (Wildman–Crippen MR) is 92.5 cm³/mol. The SMILES string of the molecule is Nc1ncncc1/N=C/[C@@H]1CN(C(=O)OCc2ccc(F)c(F)c2)CCO1. The first kappa shape index (κ1) is 18.6. The van der Waals surface area contributed by atoms with Crippen LogP contribution < -0.4 is 5.73 Å². The minimum Gasteiger partial charge on any atom is -0.445 e. The van der Waals surface area contributed by atoms with Gasteiger partial charge in [0.25, 0.3) is 0 Å². The summed E-state index contributed by atoms with van der Waals surface area (Å²) in [5, 5.41) is 0. The van der Waals surface area contributed by atoms with Gasteiger partial charge < -0.3 is 20.1 Å². The van der Waals surface area contributed by atoms with Gasteiger partial charge in [-0.05, 0) is 17.7 Å². The third-order valence-electron chi connectivity index (χ3n) is 3.80. The quantitative estimate of drug-likeness (QED) is 0.819. The molecule has 0 saturated carbocycles. The maximum atomic E-state index is 13.2. The number of morpholine rings is 1. The van der Waals surface area contributed by atoms with Gasteiger partial charge in [0.1, 0.15) is 24.7 Å². The number of ether oxygens (including phenoxy) is 2. The largest absolute Gasteiger partial charge is 0.445 e. The number of nitrogen functional groups attached to an aromatic ring is 1. The molecule has 142 valence electrons. The monoisotopic (exact) mass is 377 g/mol. The van der Waals surface area contributed by atoms with Gasteiger partial charge in [0.2, 0.25) is 0 Å². The van der Waals surface area contributed by atoms with Gasteiger partial charge in [0.05, 0.1) is 19.3 Å². The third-order valence-corrected chi connectivity index (χ3v) is 3.80. The fourth-order valence-corrected chi connectivity index (χ4v) is 2.39. The zero-order chi connectivity index (χ0) is 19.2. The van der Waals surface area contributed by atoms with E-state index in [2.05, 4.69) is 15.0 Å². The molecular formula is C17H17F2N5O3. The topological polar surface area (TPSA) is 103 Å². The Morgan fingerprint density at radius 1 is 1.44 bits per heavy atom. The number of carbonyl (C=O) groups excluding carboxylic acids is 1. The second-order valence-corrected chi connectivity index (χ2v) is 5.73. The highest BCUT2D eigenvalue weighted by molar-refractivity contribution is 5.73. The maximum absolute atomic E-state index is 13.2. The molecule has 1 aromatic heterocycles. The molecule has 3 rings (SSSR count). The lowest BCUT2D eigenvalue weighted by Crippen LogP contribution is -2.46. The lowest BCUT2D eigenvalue weighted by Gasteiger charge is -2.30. The molecule has 0 bridgehead atoms. The summed E-state index contributed by atoms with van der Waals surface area (Å²) >= 11 is 0. The summed E-state index contributed by atoms with van der Waals surface area (Å²) in [5.74, 6) is -1.71. The number of hydrogen-bond donors (Lipinski definition) is 1. The average Bonchev–Trinajstić information content (AvgIpc) is 2.68. The number of carbonyl (C=O) groups is 1. The van der Waals surface area contributed by atoms with Crippen molar-refractivity contribution in [1.29, 1.82) is 0 Å². The van der Waals surface area contributed by atoms with E-state index in [9.17, 15) is 13.6 Å². The second-order valence-electron chi connectivity index (χ2n) is 5.73. The van der Waals surface area contributed by atoms with Crippen LogP contribution in [0.5, 0.6) is 0 Å². The Hall–Kier alpha value is -3.14. The van der Waals surface area contributed by atoms with Crippen molar-refractivity contribution in [3.63, 3.8) is 0 Å². The van der Waals surface area contributed by atoms with Gasteiger partial charge in [-0.15, -0.1) is 0 Å². The normalized spacial score (nSPS) is 17.3. The molecular weight excluding hydrogens is 360 g/mol. The average molecular weight is 377 g/mol. The van der Waals surface area contributed by atoms with Gasteiger partial charge in [0, 0.05) is 12.8 Å². The van der Waals surface area contributed by atoms with Crippen LogP contribution in [0.4, 0.5) is 25.1 Å². The molecule has 0 radical (unpaired) electrons. The lowest BCUT2D eigenvalue weighted by molar-refractivity contribution is 0.00328. The highest BCUT2D eigenvalue weighted by Gasteiger charge is 2.24. The zero-order valence-corrected chi connectivity index (χ0v) is 14.2. The predicted octanol–water partition coefficient (Wildman–Crippen LogP) is 2.08. The lowest BCUT2D eigenvalue weighted by atomic mass is 10.2. The summed E-state index contributed by atoms with van der Waals surface area (Å²) in [7, 11) is 0. The molecule has 1 aliphatic heterocycles. The molecule has 10 heteroatoms. The Labute approximate surface area is 153 Å². The van der Waals surface area contributed by atoms with E-state index in [0.29, 0.717) is 24.4 Å². The minimum atomic E-state index is -0.990. The molecule has 0 aliphatic carbocycles. The zero-order valence-electron chi connectivity index (χ0n) is 14.2. The summed E-state index contributed by atoms with van der Waals surface area (Å²) in [6, 6.07) is 3.33. The number of nitrogens with two attached hydrogens (primary N) is 1. The number of amides is 1.